The highest BCUT2D eigenvalue weighted by atomic mass is 79.9. The smallest absolute Gasteiger partial charge is 0.263 e. The van der Waals surface area contributed by atoms with E-state index in [1.165, 1.54) is 11.3 Å². The van der Waals surface area contributed by atoms with Crippen molar-refractivity contribution < 1.29 is 9.53 Å². The molecule has 0 spiro atoms. The van der Waals surface area contributed by atoms with Crippen molar-refractivity contribution in [1.82, 2.24) is 5.32 Å². The Morgan fingerprint density at radius 3 is 3.14 bits per heavy atom. The maximum atomic E-state index is 12.3. The van der Waals surface area contributed by atoms with Crippen LogP contribution in [0, 0.1) is 5.92 Å². The van der Waals surface area contributed by atoms with E-state index >= 15 is 0 Å². The van der Waals surface area contributed by atoms with Crippen molar-refractivity contribution >= 4 is 48.9 Å². The first-order valence-corrected chi connectivity index (χ1v) is 8.59. The Bertz CT molecular complexity index is 665. The van der Waals surface area contributed by atoms with Gasteiger partial charge in [0.15, 0.2) is 0 Å². The normalized spacial score (nSPS) is 18.2. The van der Waals surface area contributed by atoms with Crippen LogP contribution in [-0.2, 0) is 4.74 Å². The first kappa shape index (κ1) is 14.8. The van der Waals surface area contributed by atoms with Crippen molar-refractivity contribution in [2.45, 2.75) is 12.8 Å². The fraction of sp³-hybridized carbons (Fsp3) is 0.400. The van der Waals surface area contributed by atoms with Crippen LogP contribution in [0.15, 0.2) is 22.7 Å². The number of ether oxygens (including phenoxy) is 1. The van der Waals surface area contributed by atoms with Crippen molar-refractivity contribution in [1.29, 1.82) is 0 Å². The van der Waals surface area contributed by atoms with Crippen molar-refractivity contribution in [3.05, 3.63) is 27.5 Å². The highest BCUT2D eigenvalue weighted by molar-refractivity contribution is 9.10. The number of carbonyl (C=O) groups excluding carboxylic acids is 1. The second-order valence-electron chi connectivity index (χ2n) is 5.26. The van der Waals surface area contributed by atoms with Crippen LogP contribution in [0.25, 0.3) is 10.1 Å². The number of benzene rings is 1. The SMILES string of the molecule is Nc1c(C(=O)NCCC2CCOC2)sc2ccc(Br)cc12. The molecule has 1 aromatic heterocycles. The summed E-state index contributed by atoms with van der Waals surface area (Å²) in [6.45, 7) is 2.33. The number of rotatable bonds is 4. The van der Waals surface area contributed by atoms with Crippen LogP contribution >= 0.6 is 27.3 Å². The van der Waals surface area contributed by atoms with Gasteiger partial charge in [0.25, 0.3) is 5.91 Å². The molecule has 2 aromatic rings. The fourth-order valence-electron chi connectivity index (χ4n) is 2.54. The van der Waals surface area contributed by atoms with Crippen LogP contribution in [0.4, 0.5) is 5.69 Å². The van der Waals surface area contributed by atoms with Gasteiger partial charge in [0, 0.05) is 34.3 Å². The summed E-state index contributed by atoms with van der Waals surface area (Å²) in [5.74, 6) is 0.491. The molecule has 0 bridgehead atoms. The lowest BCUT2D eigenvalue weighted by molar-refractivity contribution is 0.0955. The summed E-state index contributed by atoms with van der Waals surface area (Å²) >= 11 is 4.87. The van der Waals surface area contributed by atoms with Crippen molar-refractivity contribution in [3.63, 3.8) is 0 Å². The number of nitrogens with two attached hydrogens (primary N) is 1. The summed E-state index contributed by atoms with van der Waals surface area (Å²) in [5, 5.41) is 3.90. The predicted molar refractivity (Wildman–Crippen MR) is 89.8 cm³/mol. The molecule has 3 N–H and O–H groups in total. The number of nitrogen functional groups attached to an aromatic ring is 1. The van der Waals surface area contributed by atoms with Crippen LogP contribution in [0.1, 0.15) is 22.5 Å². The van der Waals surface area contributed by atoms with Gasteiger partial charge in [-0.05, 0) is 37.0 Å². The summed E-state index contributed by atoms with van der Waals surface area (Å²) in [6.07, 6.45) is 2.05. The van der Waals surface area contributed by atoms with Gasteiger partial charge < -0.3 is 15.8 Å². The molecule has 1 unspecified atom stereocenters. The third kappa shape index (κ3) is 3.22. The lowest BCUT2D eigenvalue weighted by atomic mass is 10.1. The molecular formula is C15H17BrN2O2S. The monoisotopic (exact) mass is 368 g/mol. The standard InChI is InChI=1S/C15H17BrN2O2S/c16-10-1-2-12-11(7-10)13(17)14(21-12)15(19)18-5-3-9-4-6-20-8-9/h1-2,7,9H,3-6,8,17H2,(H,18,19). The molecular weight excluding hydrogens is 352 g/mol. The number of amides is 1. The molecule has 0 radical (unpaired) electrons. The van der Waals surface area contributed by atoms with Crippen LogP contribution in [0.3, 0.4) is 0 Å². The lowest BCUT2D eigenvalue weighted by Crippen LogP contribution is -2.25. The second kappa shape index (κ2) is 6.34. The molecule has 1 atom stereocenters. The molecule has 0 saturated carbocycles. The predicted octanol–water partition coefficient (Wildman–Crippen LogP) is 3.40. The highest BCUT2D eigenvalue weighted by Gasteiger charge is 2.18. The quantitative estimate of drug-likeness (QED) is 0.868. The minimum Gasteiger partial charge on any atom is -0.397 e. The van der Waals surface area contributed by atoms with E-state index < -0.39 is 0 Å². The Balaban J connectivity index is 1.67. The number of carbonyl (C=O) groups is 1. The van der Waals surface area contributed by atoms with E-state index in [0.29, 0.717) is 23.0 Å². The fourth-order valence-corrected chi connectivity index (χ4v) is 3.92. The molecule has 6 heteroatoms. The number of anilines is 1. The van der Waals surface area contributed by atoms with Gasteiger partial charge in [0.1, 0.15) is 4.88 Å². The van der Waals surface area contributed by atoms with Gasteiger partial charge in [0.2, 0.25) is 0 Å². The lowest BCUT2D eigenvalue weighted by Gasteiger charge is -2.08. The molecule has 1 saturated heterocycles. The Labute approximate surface area is 135 Å². The van der Waals surface area contributed by atoms with Crippen molar-refractivity contribution in [2.24, 2.45) is 5.92 Å². The number of fused-ring (bicyclic) bond motifs is 1. The molecule has 0 aliphatic carbocycles. The summed E-state index contributed by atoms with van der Waals surface area (Å²) in [6, 6.07) is 5.89. The van der Waals surface area contributed by atoms with E-state index in [-0.39, 0.29) is 5.91 Å². The van der Waals surface area contributed by atoms with Crippen molar-refractivity contribution in [3.8, 4) is 0 Å². The summed E-state index contributed by atoms with van der Waals surface area (Å²) in [4.78, 5) is 12.9. The van der Waals surface area contributed by atoms with Crippen LogP contribution in [0.2, 0.25) is 0 Å². The zero-order valence-electron chi connectivity index (χ0n) is 11.5. The molecule has 4 nitrogen and oxygen atoms in total. The summed E-state index contributed by atoms with van der Waals surface area (Å²) < 4.78 is 7.33. The zero-order chi connectivity index (χ0) is 14.8. The van der Waals surface area contributed by atoms with Crippen LogP contribution in [0.5, 0.6) is 0 Å². The number of nitrogens with one attached hydrogen (secondary N) is 1. The van der Waals surface area contributed by atoms with E-state index in [4.69, 9.17) is 10.5 Å². The van der Waals surface area contributed by atoms with E-state index in [2.05, 4.69) is 21.2 Å². The van der Waals surface area contributed by atoms with Gasteiger partial charge in [-0.2, -0.15) is 0 Å². The minimum absolute atomic E-state index is 0.0799. The third-order valence-electron chi connectivity index (χ3n) is 3.76. The third-order valence-corrected chi connectivity index (χ3v) is 5.44. The molecule has 1 fully saturated rings. The Hall–Kier alpha value is -1.11. The molecule has 2 heterocycles. The molecule has 3 rings (SSSR count). The summed E-state index contributed by atoms with van der Waals surface area (Å²) in [5.41, 5.74) is 6.68. The van der Waals surface area contributed by atoms with Gasteiger partial charge in [-0.3, -0.25) is 4.79 Å². The Morgan fingerprint density at radius 2 is 2.38 bits per heavy atom. The van der Waals surface area contributed by atoms with Gasteiger partial charge >= 0.3 is 0 Å². The number of thiophene rings is 1. The van der Waals surface area contributed by atoms with Gasteiger partial charge in [0.05, 0.1) is 5.69 Å². The minimum atomic E-state index is -0.0799. The topological polar surface area (TPSA) is 64.4 Å². The van der Waals surface area contributed by atoms with Gasteiger partial charge in [-0.25, -0.2) is 0 Å². The van der Waals surface area contributed by atoms with Gasteiger partial charge in [-0.15, -0.1) is 11.3 Å². The first-order chi connectivity index (χ1) is 10.1. The van der Waals surface area contributed by atoms with E-state index in [1.54, 1.807) is 0 Å². The molecule has 1 aliphatic heterocycles. The first-order valence-electron chi connectivity index (χ1n) is 6.98. The molecule has 1 aliphatic rings. The zero-order valence-corrected chi connectivity index (χ0v) is 13.9. The van der Waals surface area contributed by atoms with E-state index in [0.717, 1.165) is 40.6 Å². The number of hydrogen-bond acceptors (Lipinski definition) is 4. The Kier molecular flexibility index (Phi) is 4.47. The highest BCUT2D eigenvalue weighted by Crippen LogP contribution is 2.35. The summed E-state index contributed by atoms with van der Waals surface area (Å²) in [7, 11) is 0. The number of halogens is 1. The van der Waals surface area contributed by atoms with E-state index in [1.807, 2.05) is 18.2 Å². The second-order valence-corrected chi connectivity index (χ2v) is 7.23. The van der Waals surface area contributed by atoms with Crippen molar-refractivity contribution in [2.75, 3.05) is 25.5 Å². The average Bonchev–Trinajstić information content (AvgIpc) is 3.08. The largest absolute Gasteiger partial charge is 0.397 e. The maximum absolute atomic E-state index is 12.3. The average molecular weight is 369 g/mol. The maximum Gasteiger partial charge on any atom is 0.263 e. The molecule has 1 amide bonds. The van der Waals surface area contributed by atoms with Crippen LogP contribution < -0.4 is 11.1 Å². The van der Waals surface area contributed by atoms with E-state index in [9.17, 15) is 4.79 Å². The molecule has 21 heavy (non-hydrogen) atoms. The number of hydrogen-bond donors (Lipinski definition) is 2. The Morgan fingerprint density at radius 1 is 1.52 bits per heavy atom. The molecule has 1 aromatic carbocycles. The van der Waals surface area contributed by atoms with Gasteiger partial charge in [-0.1, -0.05) is 15.9 Å². The van der Waals surface area contributed by atoms with Crippen LogP contribution in [-0.4, -0.2) is 25.7 Å². The molecule has 112 valence electrons.